The fourth-order valence-corrected chi connectivity index (χ4v) is 2.01. The number of amides is 2. The van der Waals surface area contributed by atoms with Crippen molar-refractivity contribution in [2.24, 2.45) is 0 Å². The fraction of sp³-hybridized carbons (Fsp3) is 0.467. The summed E-state index contributed by atoms with van der Waals surface area (Å²) in [4.78, 5) is 23.0. The molecule has 116 valence electrons. The Labute approximate surface area is 124 Å². The third-order valence-corrected chi connectivity index (χ3v) is 2.84. The number of methoxy groups -OCH3 is 1. The van der Waals surface area contributed by atoms with Crippen LogP contribution in [0.15, 0.2) is 30.3 Å². The van der Waals surface area contributed by atoms with Gasteiger partial charge in [-0.25, -0.2) is 4.79 Å². The first kappa shape index (κ1) is 17.0. The van der Waals surface area contributed by atoms with Crippen LogP contribution in [0, 0.1) is 0 Å². The van der Waals surface area contributed by atoms with Crippen molar-refractivity contribution in [2.45, 2.75) is 31.8 Å². The number of hydrogen-bond donors (Lipinski definition) is 3. The van der Waals surface area contributed by atoms with Crippen molar-refractivity contribution >= 4 is 12.0 Å². The quantitative estimate of drug-likeness (QED) is 0.717. The zero-order valence-electron chi connectivity index (χ0n) is 12.6. The third kappa shape index (κ3) is 6.27. The molecule has 1 atom stereocenters. The van der Waals surface area contributed by atoms with E-state index in [4.69, 9.17) is 9.84 Å². The molecule has 1 aromatic rings. The summed E-state index contributed by atoms with van der Waals surface area (Å²) < 4.78 is 5.03. The van der Waals surface area contributed by atoms with Crippen LogP contribution >= 0.6 is 0 Å². The number of carboxylic acids is 1. The molecule has 1 unspecified atom stereocenters. The zero-order chi connectivity index (χ0) is 15.9. The van der Waals surface area contributed by atoms with Crippen LogP contribution in [-0.2, 0) is 9.53 Å². The van der Waals surface area contributed by atoms with Crippen LogP contribution < -0.4 is 10.6 Å². The topological polar surface area (TPSA) is 87.7 Å². The van der Waals surface area contributed by atoms with Gasteiger partial charge in [0.25, 0.3) is 0 Å². The third-order valence-electron chi connectivity index (χ3n) is 2.84. The van der Waals surface area contributed by atoms with E-state index in [9.17, 15) is 9.59 Å². The summed E-state index contributed by atoms with van der Waals surface area (Å²) in [6.07, 6.45) is -0.178. The number of benzene rings is 1. The van der Waals surface area contributed by atoms with E-state index in [0.717, 1.165) is 5.56 Å². The van der Waals surface area contributed by atoms with Crippen LogP contribution in [0.2, 0.25) is 0 Å². The molecule has 6 nitrogen and oxygen atoms in total. The molecule has 0 saturated carbocycles. The van der Waals surface area contributed by atoms with Gasteiger partial charge in [-0.1, -0.05) is 30.3 Å². The van der Waals surface area contributed by atoms with Gasteiger partial charge < -0.3 is 20.5 Å². The van der Waals surface area contributed by atoms with E-state index in [1.165, 1.54) is 0 Å². The van der Waals surface area contributed by atoms with Crippen LogP contribution in [0.1, 0.15) is 31.9 Å². The SMILES string of the molecule is COCC(C)(C)NC(=O)NC(CC(=O)O)c1ccccc1. The lowest BCUT2D eigenvalue weighted by Gasteiger charge is -2.27. The Morgan fingerprint density at radius 1 is 1.29 bits per heavy atom. The average molecular weight is 294 g/mol. The number of rotatable bonds is 7. The number of ether oxygens (including phenoxy) is 1. The highest BCUT2D eigenvalue weighted by Gasteiger charge is 2.23. The summed E-state index contributed by atoms with van der Waals surface area (Å²) >= 11 is 0. The van der Waals surface area contributed by atoms with E-state index >= 15 is 0 Å². The minimum atomic E-state index is -0.972. The highest BCUT2D eigenvalue weighted by atomic mass is 16.5. The van der Waals surface area contributed by atoms with Crippen molar-refractivity contribution in [3.05, 3.63) is 35.9 Å². The van der Waals surface area contributed by atoms with Gasteiger partial charge in [0.05, 0.1) is 24.6 Å². The smallest absolute Gasteiger partial charge is 0.315 e. The van der Waals surface area contributed by atoms with Gasteiger partial charge in [0.15, 0.2) is 0 Å². The number of carbonyl (C=O) groups excluding carboxylic acids is 1. The molecule has 0 aliphatic rings. The van der Waals surface area contributed by atoms with Crippen LogP contribution in [-0.4, -0.2) is 36.4 Å². The van der Waals surface area contributed by atoms with Gasteiger partial charge >= 0.3 is 12.0 Å². The number of aliphatic carboxylic acids is 1. The lowest BCUT2D eigenvalue weighted by Crippen LogP contribution is -2.51. The first-order valence-electron chi connectivity index (χ1n) is 6.68. The second-order valence-electron chi connectivity index (χ2n) is 5.48. The van der Waals surface area contributed by atoms with E-state index in [2.05, 4.69) is 10.6 Å². The average Bonchev–Trinajstić information content (AvgIpc) is 2.37. The van der Waals surface area contributed by atoms with Crippen molar-refractivity contribution in [2.75, 3.05) is 13.7 Å². The minimum absolute atomic E-state index is 0.178. The molecule has 1 aromatic carbocycles. The van der Waals surface area contributed by atoms with Crippen molar-refractivity contribution in [3.63, 3.8) is 0 Å². The van der Waals surface area contributed by atoms with Crippen molar-refractivity contribution in [3.8, 4) is 0 Å². The normalized spacial score (nSPS) is 12.5. The molecule has 0 heterocycles. The molecule has 2 amide bonds. The van der Waals surface area contributed by atoms with Crippen LogP contribution in [0.4, 0.5) is 4.79 Å². The van der Waals surface area contributed by atoms with Gasteiger partial charge in [-0.05, 0) is 19.4 Å². The Morgan fingerprint density at radius 3 is 2.43 bits per heavy atom. The Bertz CT molecular complexity index is 474. The molecule has 1 rings (SSSR count). The first-order chi connectivity index (χ1) is 9.84. The summed E-state index contributed by atoms with van der Waals surface area (Å²) in [6.45, 7) is 4.00. The van der Waals surface area contributed by atoms with Crippen LogP contribution in [0.3, 0.4) is 0 Å². The van der Waals surface area contributed by atoms with Gasteiger partial charge in [0, 0.05) is 7.11 Å². The molecule has 6 heteroatoms. The van der Waals surface area contributed by atoms with Crippen molar-refractivity contribution in [1.82, 2.24) is 10.6 Å². The van der Waals surface area contributed by atoms with Crippen LogP contribution in [0.25, 0.3) is 0 Å². The summed E-state index contributed by atoms with van der Waals surface area (Å²) in [5.74, 6) is -0.972. The molecule has 0 aliphatic carbocycles. The molecule has 3 N–H and O–H groups in total. The van der Waals surface area contributed by atoms with Gasteiger partial charge in [-0.2, -0.15) is 0 Å². The van der Waals surface area contributed by atoms with E-state index in [1.807, 2.05) is 19.9 Å². The molecule has 0 aromatic heterocycles. The molecule has 21 heavy (non-hydrogen) atoms. The Balaban J connectivity index is 2.73. The monoisotopic (exact) mass is 294 g/mol. The second-order valence-corrected chi connectivity index (χ2v) is 5.48. The summed E-state index contributed by atoms with van der Waals surface area (Å²) in [5, 5.41) is 14.4. The summed E-state index contributed by atoms with van der Waals surface area (Å²) in [5.41, 5.74) is 0.211. The Hall–Kier alpha value is -2.08. The lowest BCUT2D eigenvalue weighted by molar-refractivity contribution is -0.137. The predicted octanol–water partition coefficient (Wildman–Crippen LogP) is 1.93. The largest absolute Gasteiger partial charge is 0.481 e. The van der Waals surface area contributed by atoms with E-state index in [1.54, 1.807) is 31.4 Å². The highest BCUT2D eigenvalue weighted by Crippen LogP contribution is 2.16. The molecule has 0 aliphatic heterocycles. The number of carbonyl (C=O) groups is 2. The van der Waals surface area contributed by atoms with Gasteiger partial charge in [0.2, 0.25) is 0 Å². The Kier molecular flexibility index (Phi) is 6.17. The molecule has 0 bridgehead atoms. The van der Waals surface area contributed by atoms with Gasteiger partial charge in [-0.15, -0.1) is 0 Å². The summed E-state index contributed by atoms with van der Waals surface area (Å²) in [7, 11) is 1.55. The summed E-state index contributed by atoms with van der Waals surface area (Å²) in [6, 6.07) is 8.01. The molecular weight excluding hydrogens is 272 g/mol. The maximum absolute atomic E-state index is 12.0. The number of nitrogens with one attached hydrogen (secondary N) is 2. The maximum atomic E-state index is 12.0. The molecule has 0 spiro atoms. The highest BCUT2D eigenvalue weighted by molar-refractivity contribution is 5.76. The number of carboxylic acid groups (broad SMARTS) is 1. The molecule has 0 radical (unpaired) electrons. The fourth-order valence-electron chi connectivity index (χ4n) is 2.01. The predicted molar refractivity (Wildman–Crippen MR) is 79.1 cm³/mol. The molecular formula is C15H22N2O4. The number of hydrogen-bond acceptors (Lipinski definition) is 3. The van der Waals surface area contributed by atoms with Crippen molar-refractivity contribution < 1.29 is 19.4 Å². The van der Waals surface area contributed by atoms with Gasteiger partial charge in [0.1, 0.15) is 0 Å². The zero-order valence-corrected chi connectivity index (χ0v) is 12.6. The van der Waals surface area contributed by atoms with E-state index in [0.29, 0.717) is 6.61 Å². The first-order valence-corrected chi connectivity index (χ1v) is 6.68. The minimum Gasteiger partial charge on any atom is -0.481 e. The number of urea groups is 1. The molecule has 0 fully saturated rings. The lowest BCUT2D eigenvalue weighted by atomic mass is 10.0. The maximum Gasteiger partial charge on any atom is 0.315 e. The van der Waals surface area contributed by atoms with E-state index < -0.39 is 23.6 Å². The van der Waals surface area contributed by atoms with Crippen molar-refractivity contribution in [1.29, 1.82) is 0 Å². The second kappa shape index (κ2) is 7.64. The molecule has 0 saturated heterocycles. The van der Waals surface area contributed by atoms with Gasteiger partial charge in [-0.3, -0.25) is 4.79 Å². The standard InChI is InChI=1S/C15H22N2O4/c1-15(2,10-21-3)17-14(20)16-12(9-13(18)19)11-7-5-4-6-8-11/h4-8,12H,9-10H2,1-3H3,(H,18,19)(H2,16,17,20). The van der Waals surface area contributed by atoms with Crippen LogP contribution in [0.5, 0.6) is 0 Å². The Morgan fingerprint density at radius 2 is 1.90 bits per heavy atom. The van der Waals surface area contributed by atoms with E-state index in [-0.39, 0.29) is 6.42 Å².